The maximum atomic E-state index is 12.8. The average molecular weight is 413 g/mol. The predicted molar refractivity (Wildman–Crippen MR) is 106 cm³/mol. The van der Waals surface area contributed by atoms with Gasteiger partial charge < -0.3 is 14.3 Å². The third-order valence-corrected chi connectivity index (χ3v) is 4.56. The molecule has 4 nitrogen and oxygen atoms in total. The summed E-state index contributed by atoms with van der Waals surface area (Å²) in [5, 5.41) is 11.3. The maximum Gasteiger partial charge on any atom is 0.193 e. The summed E-state index contributed by atoms with van der Waals surface area (Å²) < 4.78 is 11.8. The molecular formula is C21H17BrO4. The number of allylic oxidation sites excluding steroid dienone is 2. The SMILES string of the molecule is C=CCc1c(O)c(C(=O)/C=C/c2ccc(Br)cc2)c(OC)c2ccoc12. The zero-order valence-corrected chi connectivity index (χ0v) is 15.7. The minimum atomic E-state index is -0.351. The van der Waals surface area contributed by atoms with Crippen molar-refractivity contribution in [3.05, 3.63) is 76.5 Å². The number of benzene rings is 2. The van der Waals surface area contributed by atoms with Gasteiger partial charge in [-0.2, -0.15) is 0 Å². The highest BCUT2D eigenvalue weighted by atomic mass is 79.9. The second-order valence-corrected chi connectivity index (χ2v) is 6.56. The Morgan fingerprint density at radius 1 is 1.31 bits per heavy atom. The van der Waals surface area contributed by atoms with Gasteiger partial charge in [-0.15, -0.1) is 6.58 Å². The molecule has 0 fully saturated rings. The summed E-state index contributed by atoms with van der Waals surface area (Å²) in [5.41, 5.74) is 2.00. The second-order valence-electron chi connectivity index (χ2n) is 5.64. The number of phenols is 1. The van der Waals surface area contributed by atoms with Gasteiger partial charge in [0.15, 0.2) is 5.78 Å². The molecular weight excluding hydrogens is 396 g/mol. The van der Waals surface area contributed by atoms with E-state index >= 15 is 0 Å². The minimum absolute atomic E-state index is 0.117. The number of phenolic OH excluding ortho intramolecular Hbond substituents is 1. The highest BCUT2D eigenvalue weighted by Gasteiger charge is 2.24. The van der Waals surface area contributed by atoms with E-state index in [-0.39, 0.29) is 17.1 Å². The predicted octanol–water partition coefficient (Wildman–Crippen LogP) is 5.53. The molecule has 0 spiro atoms. The highest BCUT2D eigenvalue weighted by molar-refractivity contribution is 9.10. The lowest BCUT2D eigenvalue weighted by molar-refractivity contribution is 0.104. The topological polar surface area (TPSA) is 59.7 Å². The fourth-order valence-corrected chi connectivity index (χ4v) is 3.09. The monoisotopic (exact) mass is 412 g/mol. The normalized spacial score (nSPS) is 11.2. The van der Waals surface area contributed by atoms with Crippen molar-refractivity contribution in [2.24, 2.45) is 0 Å². The molecule has 0 atom stereocenters. The molecule has 0 aliphatic carbocycles. The number of hydrogen-bond acceptors (Lipinski definition) is 4. The molecule has 0 amide bonds. The summed E-state index contributed by atoms with van der Waals surface area (Å²) in [7, 11) is 1.46. The molecule has 3 rings (SSSR count). The van der Waals surface area contributed by atoms with Crippen molar-refractivity contribution in [2.75, 3.05) is 7.11 Å². The first kappa shape index (κ1) is 18.0. The number of hydrogen-bond donors (Lipinski definition) is 1. The Bertz CT molecular complexity index is 997. The van der Waals surface area contributed by atoms with E-state index in [1.165, 1.54) is 19.4 Å². The Balaban J connectivity index is 2.10. The lowest BCUT2D eigenvalue weighted by Gasteiger charge is -2.13. The van der Waals surface area contributed by atoms with Crippen molar-refractivity contribution < 1.29 is 19.1 Å². The van der Waals surface area contributed by atoms with Gasteiger partial charge in [0.25, 0.3) is 0 Å². The largest absolute Gasteiger partial charge is 0.507 e. The van der Waals surface area contributed by atoms with Crippen molar-refractivity contribution in [3.8, 4) is 11.5 Å². The van der Waals surface area contributed by atoms with Crippen LogP contribution in [0.2, 0.25) is 0 Å². The fourth-order valence-electron chi connectivity index (χ4n) is 2.83. The summed E-state index contributed by atoms with van der Waals surface area (Å²) in [5.74, 6) is -0.199. The van der Waals surface area contributed by atoms with Gasteiger partial charge in [-0.1, -0.05) is 40.2 Å². The molecule has 0 aliphatic rings. The number of ketones is 1. The number of methoxy groups -OCH3 is 1. The third-order valence-electron chi connectivity index (χ3n) is 4.03. The first-order valence-electron chi connectivity index (χ1n) is 7.94. The van der Waals surface area contributed by atoms with E-state index in [2.05, 4.69) is 22.5 Å². The van der Waals surface area contributed by atoms with E-state index in [1.54, 1.807) is 18.2 Å². The summed E-state index contributed by atoms with van der Waals surface area (Å²) in [6.45, 7) is 3.70. The van der Waals surface area contributed by atoms with Crippen LogP contribution in [0.1, 0.15) is 21.5 Å². The number of ether oxygens (including phenoxy) is 1. The first-order valence-corrected chi connectivity index (χ1v) is 8.74. The molecule has 1 aromatic heterocycles. The molecule has 5 heteroatoms. The van der Waals surface area contributed by atoms with Gasteiger partial charge in [0.05, 0.1) is 18.8 Å². The number of halogens is 1. The van der Waals surface area contributed by atoms with Crippen LogP contribution in [-0.4, -0.2) is 18.0 Å². The third kappa shape index (κ3) is 3.30. The van der Waals surface area contributed by atoms with Gasteiger partial charge in [-0.3, -0.25) is 4.79 Å². The number of fused-ring (bicyclic) bond motifs is 1. The number of aromatic hydroxyl groups is 1. The van der Waals surface area contributed by atoms with Gasteiger partial charge >= 0.3 is 0 Å². The van der Waals surface area contributed by atoms with Crippen molar-refractivity contribution in [3.63, 3.8) is 0 Å². The van der Waals surface area contributed by atoms with E-state index in [1.807, 2.05) is 24.3 Å². The van der Waals surface area contributed by atoms with Crippen molar-refractivity contribution in [1.29, 1.82) is 0 Å². The van der Waals surface area contributed by atoms with E-state index in [0.29, 0.717) is 28.7 Å². The van der Waals surface area contributed by atoms with E-state index in [4.69, 9.17) is 9.15 Å². The Labute approximate surface area is 159 Å². The molecule has 2 aromatic carbocycles. The fraction of sp³-hybridized carbons (Fsp3) is 0.0952. The maximum absolute atomic E-state index is 12.8. The minimum Gasteiger partial charge on any atom is -0.507 e. The van der Waals surface area contributed by atoms with E-state index in [0.717, 1.165) is 10.0 Å². The quantitative estimate of drug-likeness (QED) is 0.328. The molecule has 0 saturated carbocycles. The zero-order valence-electron chi connectivity index (χ0n) is 14.2. The average Bonchev–Trinajstić information content (AvgIpc) is 3.12. The van der Waals surface area contributed by atoms with Crippen LogP contribution in [-0.2, 0) is 6.42 Å². The Morgan fingerprint density at radius 2 is 2.04 bits per heavy atom. The lowest BCUT2D eigenvalue weighted by Crippen LogP contribution is -2.03. The van der Waals surface area contributed by atoms with Crippen LogP contribution in [0.4, 0.5) is 0 Å². The lowest BCUT2D eigenvalue weighted by atomic mass is 9.98. The first-order chi connectivity index (χ1) is 12.6. The Hall–Kier alpha value is -2.79. The van der Waals surface area contributed by atoms with Crippen molar-refractivity contribution in [2.45, 2.75) is 6.42 Å². The van der Waals surface area contributed by atoms with Crippen LogP contribution in [0, 0.1) is 0 Å². The Kier molecular flexibility index (Phi) is 5.28. The number of carbonyl (C=O) groups excluding carboxylic acids is 1. The molecule has 132 valence electrons. The van der Waals surface area contributed by atoms with Crippen LogP contribution < -0.4 is 4.74 Å². The standard InChI is InChI=1S/C21H17BrO4/c1-3-4-15-19(24)18(21(25-2)16-11-12-26-20(15)16)17(23)10-7-13-5-8-14(22)9-6-13/h3,5-12,24H,1,4H2,2H3/b10-7+. The van der Waals surface area contributed by atoms with Crippen LogP contribution >= 0.6 is 15.9 Å². The van der Waals surface area contributed by atoms with Crippen LogP contribution in [0.15, 0.2) is 64.2 Å². The number of carbonyl (C=O) groups is 1. The molecule has 0 radical (unpaired) electrons. The summed E-state index contributed by atoms with van der Waals surface area (Å²) in [6.07, 6.45) is 6.64. The van der Waals surface area contributed by atoms with E-state index < -0.39 is 0 Å². The molecule has 0 aliphatic heterocycles. The van der Waals surface area contributed by atoms with Gasteiger partial charge in [0, 0.05) is 10.0 Å². The number of rotatable bonds is 6. The highest BCUT2D eigenvalue weighted by Crippen LogP contribution is 2.41. The van der Waals surface area contributed by atoms with Gasteiger partial charge in [-0.25, -0.2) is 0 Å². The second kappa shape index (κ2) is 7.62. The summed E-state index contributed by atoms with van der Waals surface area (Å²) in [6, 6.07) is 9.26. The summed E-state index contributed by atoms with van der Waals surface area (Å²) in [4.78, 5) is 12.8. The molecule has 0 saturated heterocycles. The molecule has 0 unspecified atom stereocenters. The zero-order chi connectivity index (χ0) is 18.7. The molecule has 0 bridgehead atoms. The van der Waals surface area contributed by atoms with Crippen molar-refractivity contribution >= 4 is 38.8 Å². The van der Waals surface area contributed by atoms with Crippen LogP contribution in [0.5, 0.6) is 11.5 Å². The Morgan fingerprint density at radius 3 is 2.69 bits per heavy atom. The number of furan rings is 1. The molecule has 26 heavy (non-hydrogen) atoms. The molecule has 1 N–H and O–H groups in total. The van der Waals surface area contributed by atoms with E-state index in [9.17, 15) is 9.90 Å². The van der Waals surface area contributed by atoms with Gasteiger partial charge in [0.2, 0.25) is 0 Å². The van der Waals surface area contributed by atoms with Gasteiger partial charge in [0.1, 0.15) is 22.6 Å². The van der Waals surface area contributed by atoms with Crippen LogP contribution in [0.25, 0.3) is 17.0 Å². The smallest absolute Gasteiger partial charge is 0.193 e. The van der Waals surface area contributed by atoms with Gasteiger partial charge in [-0.05, 0) is 36.3 Å². The van der Waals surface area contributed by atoms with Crippen LogP contribution in [0.3, 0.4) is 0 Å². The molecule has 3 aromatic rings. The summed E-state index contributed by atoms with van der Waals surface area (Å²) >= 11 is 3.37. The molecule has 1 heterocycles. The van der Waals surface area contributed by atoms with Crippen molar-refractivity contribution in [1.82, 2.24) is 0 Å².